The highest BCUT2D eigenvalue weighted by Crippen LogP contribution is 2.23. The second-order valence-electron chi connectivity index (χ2n) is 5.26. The highest BCUT2D eigenvalue weighted by Gasteiger charge is 2.20. The van der Waals surface area contributed by atoms with Crippen LogP contribution in [0.3, 0.4) is 0 Å². The number of nitrogens with two attached hydrogens (primary N) is 1. The van der Waals surface area contributed by atoms with Gasteiger partial charge in [-0.25, -0.2) is 0 Å². The van der Waals surface area contributed by atoms with Crippen LogP contribution in [0.4, 0.5) is 5.69 Å². The number of hydrogen-bond acceptors (Lipinski definition) is 5. The molecule has 0 aliphatic carbocycles. The van der Waals surface area contributed by atoms with Crippen LogP contribution in [0, 0.1) is 0 Å². The van der Waals surface area contributed by atoms with Crippen molar-refractivity contribution in [1.29, 1.82) is 0 Å². The summed E-state index contributed by atoms with van der Waals surface area (Å²) in [5.41, 5.74) is 6.48. The van der Waals surface area contributed by atoms with Crippen molar-refractivity contribution in [1.82, 2.24) is 4.98 Å². The topological polar surface area (TPSA) is 122 Å². The molecule has 7 nitrogen and oxygen atoms in total. The number of benzene rings is 1. The standard InChI is InChI=1S/C17H16BrN3O4.ClH/c18-10-4-6-13(21-17(25)12(19)5-7-15(22)23)11(9-10)16(24)14-3-1-2-8-20-14;/h1-4,6,8-9,12H,5,7,19H2,(H,21,25)(H,22,23);1H/t12-;/m0./s1. The third-order valence-corrected chi connectivity index (χ3v) is 3.88. The number of halogens is 2. The quantitative estimate of drug-likeness (QED) is 0.567. The Morgan fingerprint density at radius 1 is 1.23 bits per heavy atom. The van der Waals surface area contributed by atoms with E-state index in [1.807, 2.05) is 0 Å². The predicted molar refractivity (Wildman–Crippen MR) is 103 cm³/mol. The minimum atomic E-state index is -1.03. The van der Waals surface area contributed by atoms with Crippen LogP contribution in [-0.2, 0) is 9.59 Å². The fraction of sp³-hybridized carbons (Fsp3) is 0.176. The van der Waals surface area contributed by atoms with Crippen molar-refractivity contribution in [3.8, 4) is 0 Å². The molecule has 1 aromatic carbocycles. The highest BCUT2D eigenvalue weighted by molar-refractivity contribution is 9.10. The zero-order valence-corrected chi connectivity index (χ0v) is 15.9. The first-order chi connectivity index (χ1) is 11.9. The van der Waals surface area contributed by atoms with Gasteiger partial charge in [0, 0.05) is 22.7 Å². The van der Waals surface area contributed by atoms with Crippen molar-refractivity contribution < 1.29 is 19.5 Å². The van der Waals surface area contributed by atoms with Gasteiger partial charge in [-0.2, -0.15) is 0 Å². The van der Waals surface area contributed by atoms with Crippen molar-refractivity contribution in [2.24, 2.45) is 5.73 Å². The van der Waals surface area contributed by atoms with Gasteiger partial charge in [0.05, 0.1) is 11.7 Å². The molecule has 9 heteroatoms. The molecule has 0 saturated heterocycles. The minimum Gasteiger partial charge on any atom is -0.481 e. The van der Waals surface area contributed by atoms with E-state index in [4.69, 9.17) is 10.8 Å². The SMILES string of the molecule is Cl.N[C@@H](CCC(=O)O)C(=O)Nc1ccc(Br)cc1C(=O)c1ccccn1. The van der Waals surface area contributed by atoms with Crippen molar-refractivity contribution >= 4 is 51.7 Å². The zero-order valence-electron chi connectivity index (χ0n) is 13.5. The molecule has 26 heavy (non-hydrogen) atoms. The lowest BCUT2D eigenvalue weighted by Gasteiger charge is -2.14. The summed E-state index contributed by atoms with van der Waals surface area (Å²) in [6.07, 6.45) is 1.29. The first-order valence-electron chi connectivity index (χ1n) is 7.42. The summed E-state index contributed by atoms with van der Waals surface area (Å²) >= 11 is 3.30. The molecule has 1 amide bonds. The molecule has 1 atom stereocenters. The molecule has 0 aliphatic rings. The number of carbonyl (C=O) groups is 3. The van der Waals surface area contributed by atoms with E-state index >= 15 is 0 Å². The smallest absolute Gasteiger partial charge is 0.303 e. The Morgan fingerprint density at radius 3 is 2.58 bits per heavy atom. The predicted octanol–water partition coefficient (Wildman–Crippen LogP) is 2.63. The third-order valence-electron chi connectivity index (χ3n) is 3.39. The summed E-state index contributed by atoms with van der Waals surface area (Å²) in [7, 11) is 0. The summed E-state index contributed by atoms with van der Waals surface area (Å²) < 4.78 is 0.667. The Hall–Kier alpha value is -2.29. The molecular weight excluding hydrogens is 426 g/mol. The maximum absolute atomic E-state index is 12.6. The Labute approximate surface area is 164 Å². The second-order valence-corrected chi connectivity index (χ2v) is 6.18. The number of hydrogen-bond donors (Lipinski definition) is 3. The van der Waals surface area contributed by atoms with Gasteiger partial charge < -0.3 is 16.2 Å². The zero-order chi connectivity index (χ0) is 18.4. The van der Waals surface area contributed by atoms with Gasteiger partial charge in [0.2, 0.25) is 11.7 Å². The number of nitrogens with one attached hydrogen (secondary N) is 1. The Balaban J connectivity index is 0.00000338. The van der Waals surface area contributed by atoms with Gasteiger partial charge in [0.15, 0.2) is 0 Å². The third kappa shape index (κ3) is 5.91. The molecule has 4 N–H and O–H groups in total. The van der Waals surface area contributed by atoms with Gasteiger partial charge in [0.1, 0.15) is 5.69 Å². The van der Waals surface area contributed by atoms with Gasteiger partial charge in [-0.05, 0) is 36.8 Å². The van der Waals surface area contributed by atoms with Crippen molar-refractivity contribution in [3.05, 3.63) is 58.3 Å². The molecule has 0 bridgehead atoms. The molecule has 2 rings (SSSR count). The molecule has 138 valence electrons. The summed E-state index contributed by atoms with van der Waals surface area (Å²) in [5, 5.41) is 11.2. The minimum absolute atomic E-state index is 0. The molecule has 0 unspecified atom stereocenters. The first-order valence-corrected chi connectivity index (χ1v) is 8.21. The van der Waals surface area contributed by atoms with E-state index in [1.54, 1.807) is 36.4 Å². The monoisotopic (exact) mass is 441 g/mol. The molecular formula is C17H17BrClN3O4. The summed E-state index contributed by atoms with van der Waals surface area (Å²) in [6, 6.07) is 8.80. The molecule has 2 aromatic rings. The first kappa shape index (κ1) is 21.8. The number of carboxylic acids is 1. The van der Waals surface area contributed by atoms with Gasteiger partial charge in [0.25, 0.3) is 0 Å². The number of amides is 1. The van der Waals surface area contributed by atoms with Gasteiger partial charge in [-0.15, -0.1) is 12.4 Å². The number of rotatable bonds is 7. The van der Waals surface area contributed by atoms with Crippen LogP contribution in [0.15, 0.2) is 47.1 Å². The van der Waals surface area contributed by atoms with Crippen LogP contribution in [0.2, 0.25) is 0 Å². The van der Waals surface area contributed by atoms with Crippen LogP contribution in [0.25, 0.3) is 0 Å². The summed E-state index contributed by atoms with van der Waals surface area (Å²) in [5.74, 6) is -1.94. The van der Waals surface area contributed by atoms with Gasteiger partial charge >= 0.3 is 5.97 Å². The highest BCUT2D eigenvalue weighted by atomic mass is 79.9. The maximum Gasteiger partial charge on any atom is 0.303 e. The molecule has 0 radical (unpaired) electrons. The van der Waals surface area contributed by atoms with E-state index in [0.717, 1.165) is 0 Å². The molecule has 0 aliphatic heterocycles. The summed E-state index contributed by atoms with van der Waals surface area (Å²) in [6.45, 7) is 0. The average Bonchev–Trinajstić information content (AvgIpc) is 2.61. The molecule has 0 spiro atoms. The normalized spacial score (nSPS) is 11.2. The van der Waals surface area contributed by atoms with Crippen LogP contribution in [-0.4, -0.2) is 33.8 Å². The average molecular weight is 443 g/mol. The second kappa shape index (κ2) is 10.0. The van der Waals surface area contributed by atoms with E-state index in [2.05, 4.69) is 26.2 Å². The van der Waals surface area contributed by atoms with Crippen molar-refractivity contribution in [3.63, 3.8) is 0 Å². The van der Waals surface area contributed by atoms with E-state index in [0.29, 0.717) is 4.47 Å². The maximum atomic E-state index is 12.6. The molecule has 1 heterocycles. The fourth-order valence-electron chi connectivity index (χ4n) is 2.08. The number of nitrogens with zero attached hydrogens (tertiary/aromatic N) is 1. The van der Waals surface area contributed by atoms with E-state index < -0.39 is 17.9 Å². The summed E-state index contributed by atoms with van der Waals surface area (Å²) in [4.78, 5) is 39.4. The number of carbonyl (C=O) groups excluding carboxylic acids is 2. The van der Waals surface area contributed by atoms with Crippen LogP contribution in [0.1, 0.15) is 28.9 Å². The van der Waals surface area contributed by atoms with E-state index in [9.17, 15) is 14.4 Å². The molecule has 0 fully saturated rings. The molecule has 0 saturated carbocycles. The Kier molecular flexibility index (Phi) is 8.37. The largest absolute Gasteiger partial charge is 0.481 e. The van der Waals surface area contributed by atoms with Gasteiger partial charge in [-0.1, -0.05) is 22.0 Å². The van der Waals surface area contributed by atoms with E-state index in [1.165, 1.54) is 6.20 Å². The number of carboxylic acid groups (broad SMARTS) is 1. The number of aromatic nitrogens is 1. The Morgan fingerprint density at radius 2 is 1.96 bits per heavy atom. The van der Waals surface area contributed by atoms with E-state index in [-0.39, 0.29) is 48.0 Å². The number of pyridine rings is 1. The number of aliphatic carboxylic acids is 1. The lowest BCUT2D eigenvalue weighted by atomic mass is 10.0. The van der Waals surface area contributed by atoms with Crippen LogP contribution >= 0.6 is 28.3 Å². The van der Waals surface area contributed by atoms with Gasteiger partial charge in [-0.3, -0.25) is 19.4 Å². The van der Waals surface area contributed by atoms with Crippen molar-refractivity contribution in [2.75, 3.05) is 5.32 Å². The van der Waals surface area contributed by atoms with Crippen molar-refractivity contribution in [2.45, 2.75) is 18.9 Å². The number of anilines is 1. The lowest BCUT2D eigenvalue weighted by molar-refractivity contribution is -0.137. The lowest BCUT2D eigenvalue weighted by Crippen LogP contribution is -2.36. The Bertz CT molecular complexity index is 802. The fourth-order valence-corrected chi connectivity index (χ4v) is 2.44. The van der Waals surface area contributed by atoms with Crippen LogP contribution in [0.5, 0.6) is 0 Å². The van der Waals surface area contributed by atoms with Crippen LogP contribution < -0.4 is 11.1 Å². The molecule has 1 aromatic heterocycles. The number of ketones is 1.